The lowest BCUT2D eigenvalue weighted by Crippen LogP contribution is -2.44. The van der Waals surface area contributed by atoms with Crippen molar-refractivity contribution in [1.29, 1.82) is 0 Å². The fourth-order valence-corrected chi connectivity index (χ4v) is 4.46. The molecule has 0 radical (unpaired) electrons. The number of rotatable bonds is 2. The van der Waals surface area contributed by atoms with Crippen molar-refractivity contribution >= 4 is 23.0 Å². The van der Waals surface area contributed by atoms with Gasteiger partial charge in [-0.2, -0.15) is 0 Å². The van der Waals surface area contributed by atoms with Crippen LogP contribution in [0.3, 0.4) is 0 Å². The molecule has 4 rings (SSSR count). The van der Waals surface area contributed by atoms with Gasteiger partial charge in [-0.05, 0) is 83.9 Å². The van der Waals surface area contributed by atoms with Crippen molar-refractivity contribution < 1.29 is 23.5 Å². The smallest absolute Gasteiger partial charge is 0.411 e. The summed E-state index contributed by atoms with van der Waals surface area (Å²) in [6.07, 6.45) is 4.34. The zero-order valence-electron chi connectivity index (χ0n) is 18.6. The number of benzene rings is 1. The van der Waals surface area contributed by atoms with E-state index < -0.39 is 23.7 Å². The Kier molecular flexibility index (Phi) is 5.54. The first-order chi connectivity index (χ1) is 14.7. The molecule has 0 unspecified atom stereocenters. The summed E-state index contributed by atoms with van der Waals surface area (Å²) >= 11 is 0. The number of fused-ring (bicyclic) bond motifs is 3. The van der Waals surface area contributed by atoms with Crippen LogP contribution >= 0.6 is 0 Å². The molecule has 7 nitrogen and oxygen atoms in total. The number of likely N-dealkylation sites (tertiary alicyclic amines) is 1. The normalized spacial score (nSPS) is 18.7. The van der Waals surface area contributed by atoms with Gasteiger partial charge in [0.2, 0.25) is 0 Å². The van der Waals surface area contributed by atoms with Gasteiger partial charge in [-0.25, -0.2) is 14.4 Å². The zero-order valence-corrected chi connectivity index (χ0v) is 18.6. The monoisotopic (exact) mass is 427 g/mol. The maximum Gasteiger partial charge on any atom is 0.411 e. The van der Waals surface area contributed by atoms with E-state index in [9.17, 15) is 14.4 Å². The van der Waals surface area contributed by atoms with Gasteiger partial charge in [-0.1, -0.05) is 0 Å². The molecule has 1 aliphatic carbocycles. The van der Waals surface area contributed by atoms with E-state index >= 15 is 0 Å². The molecule has 31 heavy (non-hydrogen) atoms. The Hall–Kier alpha value is -2.83. The highest BCUT2D eigenvalue weighted by atomic mass is 16.6. The van der Waals surface area contributed by atoms with E-state index in [1.54, 1.807) is 33.8 Å². The van der Waals surface area contributed by atoms with E-state index in [2.05, 4.69) is 0 Å². The summed E-state index contributed by atoms with van der Waals surface area (Å²) in [7, 11) is 0. The molecule has 166 valence electrons. The van der Waals surface area contributed by atoms with Gasteiger partial charge in [0.15, 0.2) is 0 Å². The second kappa shape index (κ2) is 8.02. The fraction of sp³-hybridized carbons (Fsp3) is 0.542. The first kappa shape index (κ1) is 21.4. The molecule has 1 aromatic heterocycles. The van der Waals surface area contributed by atoms with Crippen LogP contribution in [0.5, 0.6) is 5.75 Å². The number of carbonyl (C=O) groups excluding carboxylic acids is 2. The van der Waals surface area contributed by atoms with Crippen LogP contribution < -0.4 is 10.4 Å². The van der Waals surface area contributed by atoms with Gasteiger partial charge in [0.25, 0.3) is 0 Å². The third kappa shape index (κ3) is 4.18. The van der Waals surface area contributed by atoms with Crippen LogP contribution in [0.25, 0.3) is 11.0 Å². The third-order valence-corrected chi connectivity index (χ3v) is 5.95. The summed E-state index contributed by atoms with van der Waals surface area (Å²) in [5.41, 5.74) is 1.94. The van der Waals surface area contributed by atoms with Crippen LogP contribution in [-0.2, 0) is 22.4 Å². The average molecular weight is 427 g/mol. The Balaban J connectivity index is 1.60. The van der Waals surface area contributed by atoms with E-state index in [-0.39, 0.29) is 5.63 Å². The molecular formula is C24H29NO6. The Morgan fingerprint density at radius 3 is 2.52 bits per heavy atom. The molecule has 0 saturated carbocycles. The molecule has 1 aliphatic heterocycles. The Bertz CT molecular complexity index is 1090. The average Bonchev–Trinajstić information content (AvgIpc) is 3.20. The van der Waals surface area contributed by atoms with Crippen LogP contribution in [0.15, 0.2) is 21.3 Å². The van der Waals surface area contributed by atoms with Crippen LogP contribution in [0.1, 0.15) is 63.1 Å². The summed E-state index contributed by atoms with van der Waals surface area (Å²) in [6.45, 7) is 7.60. The zero-order chi connectivity index (χ0) is 22.3. The highest BCUT2D eigenvalue weighted by Crippen LogP contribution is 2.33. The van der Waals surface area contributed by atoms with E-state index in [0.717, 1.165) is 42.2 Å². The van der Waals surface area contributed by atoms with Gasteiger partial charge in [0.1, 0.15) is 23.0 Å². The minimum atomic E-state index is -0.694. The number of ether oxygens (including phenoxy) is 2. The second-order valence-corrected chi connectivity index (χ2v) is 9.37. The van der Waals surface area contributed by atoms with Crippen LogP contribution in [0, 0.1) is 6.92 Å². The lowest BCUT2D eigenvalue weighted by Gasteiger charge is -2.27. The Labute approximate surface area is 181 Å². The van der Waals surface area contributed by atoms with Crippen molar-refractivity contribution in [2.45, 2.75) is 77.9 Å². The van der Waals surface area contributed by atoms with Gasteiger partial charge >= 0.3 is 17.7 Å². The van der Waals surface area contributed by atoms with Crippen molar-refractivity contribution in [2.24, 2.45) is 0 Å². The predicted molar refractivity (Wildman–Crippen MR) is 115 cm³/mol. The molecule has 2 aliphatic rings. The van der Waals surface area contributed by atoms with Crippen LogP contribution in [0.2, 0.25) is 0 Å². The van der Waals surface area contributed by atoms with Gasteiger partial charge in [0.05, 0.1) is 0 Å². The quantitative estimate of drug-likeness (QED) is 0.404. The van der Waals surface area contributed by atoms with Gasteiger partial charge in [-0.3, -0.25) is 4.90 Å². The number of hydrogen-bond donors (Lipinski definition) is 0. The van der Waals surface area contributed by atoms with Crippen molar-refractivity contribution in [1.82, 2.24) is 4.90 Å². The maximum absolute atomic E-state index is 12.9. The minimum Gasteiger partial charge on any atom is -0.444 e. The minimum absolute atomic E-state index is 0.305. The van der Waals surface area contributed by atoms with E-state index in [1.807, 2.05) is 6.07 Å². The van der Waals surface area contributed by atoms with Crippen LogP contribution in [0.4, 0.5) is 4.79 Å². The number of nitrogens with zero attached hydrogens (tertiary/aromatic N) is 1. The lowest BCUT2D eigenvalue weighted by molar-refractivity contribution is -0.139. The molecule has 1 atom stereocenters. The van der Waals surface area contributed by atoms with Crippen molar-refractivity contribution in [3.05, 3.63) is 39.2 Å². The fourth-order valence-electron chi connectivity index (χ4n) is 4.46. The highest BCUT2D eigenvalue weighted by Gasteiger charge is 2.38. The molecule has 0 spiro atoms. The largest absolute Gasteiger partial charge is 0.444 e. The molecule has 1 fully saturated rings. The van der Waals surface area contributed by atoms with E-state index in [0.29, 0.717) is 36.3 Å². The number of esters is 1. The number of amides is 1. The maximum atomic E-state index is 12.9. The van der Waals surface area contributed by atoms with Gasteiger partial charge in [0, 0.05) is 23.1 Å². The summed E-state index contributed by atoms with van der Waals surface area (Å²) in [5.74, 6) is -0.168. The first-order valence-electron chi connectivity index (χ1n) is 10.9. The summed E-state index contributed by atoms with van der Waals surface area (Å²) < 4.78 is 16.7. The molecule has 7 heteroatoms. The highest BCUT2D eigenvalue weighted by molar-refractivity contribution is 5.88. The van der Waals surface area contributed by atoms with Crippen molar-refractivity contribution in [2.75, 3.05) is 6.54 Å². The topological polar surface area (TPSA) is 86.0 Å². The lowest BCUT2D eigenvalue weighted by atomic mass is 9.90. The predicted octanol–water partition coefficient (Wildman–Crippen LogP) is 4.29. The Morgan fingerprint density at radius 2 is 1.81 bits per heavy atom. The summed E-state index contributed by atoms with van der Waals surface area (Å²) in [5, 5.41) is 0.905. The molecule has 0 bridgehead atoms. The molecular weight excluding hydrogens is 398 g/mol. The molecule has 2 heterocycles. The van der Waals surface area contributed by atoms with E-state index in [1.165, 1.54) is 4.90 Å². The molecule has 2 aromatic rings. The van der Waals surface area contributed by atoms with Crippen molar-refractivity contribution in [3.63, 3.8) is 0 Å². The number of carbonyl (C=O) groups is 2. The SMILES string of the molecule is Cc1c(OC(=O)[C@H]2CCCN2C(=O)OC(C)(C)C)ccc2c3c(c(=O)oc12)CCCC3. The second-order valence-electron chi connectivity index (χ2n) is 9.37. The van der Waals surface area contributed by atoms with E-state index in [4.69, 9.17) is 13.9 Å². The molecule has 0 N–H and O–H groups in total. The first-order valence-corrected chi connectivity index (χ1v) is 10.9. The molecule has 1 aromatic carbocycles. The van der Waals surface area contributed by atoms with Gasteiger partial charge < -0.3 is 13.9 Å². The van der Waals surface area contributed by atoms with Gasteiger partial charge in [-0.15, -0.1) is 0 Å². The summed E-state index contributed by atoms with van der Waals surface area (Å²) in [4.78, 5) is 39.3. The number of hydrogen-bond acceptors (Lipinski definition) is 6. The third-order valence-electron chi connectivity index (χ3n) is 5.95. The Morgan fingerprint density at radius 1 is 1.10 bits per heavy atom. The van der Waals surface area contributed by atoms with Crippen LogP contribution in [-0.4, -0.2) is 35.2 Å². The number of aryl methyl sites for hydroxylation is 2. The molecule has 1 amide bonds. The standard InChI is InChI=1S/C24H29NO6/c1-14-19(12-11-16-15-8-5-6-9-17(15)21(26)30-20(14)16)29-22(27)18-10-7-13-25(18)23(28)31-24(2,3)4/h11-12,18H,5-10,13H2,1-4H3/t18-/m1/s1. The van der Waals surface area contributed by atoms with Crippen molar-refractivity contribution in [3.8, 4) is 5.75 Å². The molecule has 1 saturated heterocycles. The summed E-state index contributed by atoms with van der Waals surface area (Å²) in [6, 6.07) is 2.91.